The van der Waals surface area contributed by atoms with E-state index in [1.807, 2.05) is 0 Å². The van der Waals surface area contributed by atoms with Gasteiger partial charge in [0.1, 0.15) is 5.82 Å². The molecule has 3 N–H and O–H groups in total. The van der Waals surface area contributed by atoms with Crippen LogP contribution in [-0.2, 0) is 19.3 Å². The van der Waals surface area contributed by atoms with Crippen molar-refractivity contribution in [3.8, 4) is 0 Å². The van der Waals surface area contributed by atoms with Gasteiger partial charge in [-0.25, -0.2) is 4.98 Å². The van der Waals surface area contributed by atoms with Crippen LogP contribution >= 0.6 is 0 Å². The van der Waals surface area contributed by atoms with Gasteiger partial charge in [-0.2, -0.15) is 0 Å². The lowest BCUT2D eigenvalue weighted by atomic mass is 10.1. The van der Waals surface area contributed by atoms with Crippen LogP contribution in [0.15, 0.2) is 36.4 Å². The molecular weight excluding hydrogens is 234 g/mol. The van der Waals surface area contributed by atoms with Gasteiger partial charge in [0.2, 0.25) is 0 Å². The summed E-state index contributed by atoms with van der Waals surface area (Å²) < 4.78 is 0. The maximum atomic E-state index is 5.55. The number of aryl methyl sites for hydroxylation is 2. The molecule has 1 aliphatic carbocycles. The van der Waals surface area contributed by atoms with Crippen LogP contribution in [0.25, 0.3) is 0 Å². The highest BCUT2D eigenvalue weighted by molar-refractivity contribution is 5.57. The van der Waals surface area contributed by atoms with E-state index in [-0.39, 0.29) is 0 Å². The van der Waals surface area contributed by atoms with Crippen molar-refractivity contribution in [3.63, 3.8) is 0 Å². The molecule has 98 valence electrons. The van der Waals surface area contributed by atoms with Crippen molar-refractivity contribution in [2.45, 2.75) is 25.7 Å². The summed E-state index contributed by atoms with van der Waals surface area (Å²) in [6.07, 6.45) is 4.45. The lowest BCUT2D eigenvalue weighted by Gasteiger charge is -2.08. The van der Waals surface area contributed by atoms with Crippen molar-refractivity contribution in [2.75, 3.05) is 11.9 Å². The molecule has 0 atom stereocenters. The third-order valence-corrected chi connectivity index (χ3v) is 3.59. The Balaban J connectivity index is 1.74. The summed E-state index contributed by atoms with van der Waals surface area (Å²) in [4.78, 5) is 4.68. The van der Waals surface area contributed by atoms with Gasteiger partial charge in [-0.1, -0.05) is 18.2 Å². The number of nitrogens with zero attached hydrogens (tertiary/aromatic N) is 1. The van der Waals surface area contributed by atoms with Gasteiger partial charge in [0.05, 0.1) is 0 Å². The molecule has 0 amide bonds. The molecule has 19 heavy (non-hydrogen) atoms. The van der Waals surface area contributed by atoms with Crippen molar-refractivity contribution < 1.29 is 0 Å². The van der Waals surface area contributed by atoms with Crippen LogP contribution in [0, 0.1) is 0 Å². The van der Waals surface area contributed by atoms with E-state index >= 15 is 0 Å². The summed E-state index contributed by atoms with van der Waals surface area (Å²) >= 11 is 0. The predicted molar refractivity (Wildman–Crippen MR) is 78.7 cm³/mol. The summed E-state index contributed by atoms with van der Waals surface area (Å²) in [5.74, 6) is 0.937. The molecule has 1 aromatic heterocycles. The Kier molecular flexibility index (Phi) is 3.47. The Morgan fingerprint density at radius 1 is 1.05 bits per heavy atom. The molecule has 1 heterocycles. The van der Waals surface area contributed by atoms with Gasteiger partial charge in [0.15, 0.2) is 0 Å². The number of hydrogen-bond donors (Lipinski definition) is 2. The van der Waals surface area contributed by atoms with E-state index in [0.29, 0.717) is 6.54 Å². The van der Waals surface area contributed by atoms with E-state index in [9.17, 15) is 0 Å². The van der Waals surface area contributed by atoms with E-state index in [1.165, 1.54) is 29.7 Å². The number of anilines is 2. The summed E-state index contributed by atoms with van der Waals surface area (Å²) in [7, 11) is 0. The van der Waals surface area contributed by atoms with Crippen LogP contribution in [-0.4, -0.2) is 11.5 Å². The zero-order valence-electron chi connectivity index (χ0n) is 11.0. The third kappa shape index (κ3) is 2.76. The highest BCUT2D eigenvalue weighted by Crippen LogP contribution is 2.23. The third-order valence-electron chi connectivity index (χ3n) is 3.59. The van der Waals surface area contributed by atoms with E-state index in [0.717, 1.165) is 24.3 Å². The molecule has 3 rings (SSSR count). The SMILES string of the molecule is NCCc1ccc(Nc2ccc3c(n2)CCC3)cc1. The van der Waals surface area contributed by atoms with Gasteiger partial charge >= 0.3 is 0 Å². The second-order valence-corrected chi connectivity index (χ2v) is 5.02. The molecule has 0 bridgehead atoms. The minimum Gasteiger partial charge on any atom is -0.340 e. The monoisotopic (exact) mass is 253 g/mol. The van der Waals surface area contributed by atoms with Gasteiger partial charge < -0.3 is 11.1 Å². The summed E-state index contributed by atoms with van der Waals surface area (Å²) in [6.45, 7) is 0.694. The lowest BCUT2D eigenvalue weighted by molar-refractivity contribution is 0.900. The Morgan fingerprint density at radius 3 is 2.68 bits per heavy atom. The molecule has 2 aromatic rings. The average Bonchev–Trinajstić information content (AvgIpc) is 2.89. The Labute approximate surface area is 113 Å². The maximum Gasteiger partial charge on any atom is 0.130 e. The predicted octanol–water partition coefficient (Wildman–Crippen LogP) is 2.82. The number of pyridine rings is 1. The fourth-order valence-corrected chi connectivity index (χ4v) is 2.56. The van der Waals surface area contributed by atoms with E-state index < -0.39 is 0 Å². The molecule has 0 saturated carbocycles. The van der Waals surface area contributed by atoms with Crippen molar-refractivity contribution in [1.29, 1.82) is 0 Å². The zero-order valence-corrected chi connectivity index (χ0v) is 11.0. The number of nitrogens with two attached hydrogens (primary N) is 1. The smallest absolute Gasteiger partial charge is 0.130 e. The van der Waals surface area contributed by atoms with Crippen molar-refractivity contribution in [3.05, 3.63) is 53.2 Å². The van der Waals surface area contributed by atoms with Crippen LogP contribution in [0.5, 0.6) is 0 Å². The van der Waals surface area contributed by atoms with E-state index in [4.69, 9.17) is 5.73 Å². The first-order chi connectivity index (χ1) is 9.35. The standard InChI is InChI=1S/C16H19N3/c17-11-10-12-4-7-14(8-5-12)18-16-9-6-13-2-1-3-15(13)19-16/h4-9H,1-3,10-11,17H2,(H,18,19). The maximum absolute atomic E-state index is 5.55. The minimum absolute atomic E-state index is 0.694. The second-order valence-electron chi connectivity index (χ2n) is 5.02. The normalized spacial score (nSPS) is 13.3. The molecule has 0 saturated heterocycles. The second kappa shape index (κ2) is 5.41. The van der Waals surface area contributed by atoms with E-state index in [2.05, 4.69) is 46.7 Å². The molecule has 3 heteroatoms. The molecule has 3 nitrogen and oxygen atoms in total. The number of hydrogen-bond acceptors (Lipinski definition) is 3. The first-order valence-corrected chi connectivity index (χ1v) is 6.90. The number of fused-ring (bicyclic) bond motifs is 1. The van der Waals surface area contributed by atoms with Crippen LogP contribution < -0.4 is 11.1 Å². The van der Waals surface area contributed by atoms with Gasteiger partial charge in [-0.05, 0) is 61.6 Å². The highest BCUT2D eigenvalue weighted by atomic mass is 15.0. The summed E-state index contributed by atoms with van der Waals surface area (Å²) in [6, 6.07) is 12.7. The molecular formula is C16H19N3. The fourth-order valence-electron chi connectivity index (χ4n) is 2.56. The summed E-state index contributed by atoms with van der Waals surface area (Å²) in [5.41, 5.74) is 10.6. The van der Waals surface area contributed by atoms with Crippen molar-refractivity contribution in [1.82, 2.24) is 4.98 Å². The van der Waals surface area contributed by atoms with Gasteiger partial charge in [-0.15, -0.1) is 0 Å². The van der Waals surface area contributed by atoms with Crippen molar-refractivity contribution in [2.24, 2.45) is 5.73 Å². The van der Waals surface area contributed by atoms with Crippen LogP contribution in [0.3, 0.4) is 0 Å². The first kappa shape index (κ1) is 12.2. The van der Waals surface area contributed by atoms with E-state index in [1.54, 1.807) is 0 Å². The molecule has 0 radical (unpaired) electrons. The van der Waals surface area contributed by atoms with Gasteiger partial charge in [-0.3, -0.25) is 0 Å². The Hall–Kier alpha value is -1.87. The minimum atomic E-state index is 0.694. The molecule has 0 spiro atoms. The highest BCUT2D eigenvalue weighted by Gasteiger charge is 2.12. The van der Waals surface area contributed by atoms with Crippen molar-refractivity contribution >= 4 is 11.5 Å². The van der Waals surface area contributed by atoms with Crippen LogP contribution in [0.2, 0.25) is 0 Å². The Bertz CT molecular complexity index is 561. The van der Waals surface area contributed by atoms with Gasteiger partial charge in [0, 0.05) is 11.4 Å². The van der Waals surface area contributed by atoms with Gasteiger partial charge in [0.25, 0.3) is 0 Å². The molecule has 0 unspecified atom stereocenters. The molecule has 0 fully saturated rings. The Morgan fingerprint density at radius 2 is 1.89 bits per heavy atom. The molecule has 0 aliphatic heterocycles. The quantitative estimate of drug-likeness (QED) is 0.881. The molecule has 1 aromatic carbocycles. The lowest BCUT2D eigenvalue weighted by Crippen LogP contribution is -2.02. The molecule has 1 aliphatic rings. The first-order valence-electron chi connectivity index (χ1n) is 6.90. The topological polar surface area (TPSA) is 50.9 Å². The van der Waals surface area contributed by atoms with Crippen LogP contribution in [0.4, 0.5) is 11.5 Å². The average molecular weight is 253 g/mol. The fraction of sp³-hybridized carbons (Fsp3) is 0.312. The largest absolute Gasteiger partial charge is 0.340 e. The number of benzene rings is 1. The zero-order chi connectivity index (χ0) is 13.1. The number of rotatable bonds is 4. The summed E-state index contributed by atoms with van der Waals surface area (Å²) in [5, 5.41) is 3.36. The van der Waals surface area contributed by atoms with Crippen LogP contribution in [0.1, 0.15) is 23.2 Å². The number of aromatic nitrogens is 1. The number of nitrogens with one attached hydrogen (secondary N) is 1.